The molecule has 0 fully saturated rings. The molecule has 0 aliphatic heterocycles. The van der Waals surface area contributed by atoms with Crippen molar-refractivity contribution in [3.8, 4) is 0 Å². The van der Waals surface area contributed by atoms with Crippen LogP contribution in [0.2, 0.25) is 0 Å². The number of nitrogens with one attached hydrogen (secondary N) is 1. The van der Waals surface area contributed by atoms with Crippen molar-refractivity contribution in [2.45, 2.75) is 20.3 Å². The molecule has 0 aliphatic rings. The molecule has 0 heterocycles. The first-order valence-electron chi connectivity index (χ1n) is 3.66. The Labute approximate surface area is 71.6 Å². The molecule has 0 saturated carbocycles. The summed E-state index contributed by atoms with van der Waals surface area (Å²) in [6.45, 7) is 3.23. The van der Waals surface area contributed by atoms with E-state index in [2.05, 4.69) is 10.1 Å². The van der Waals surface area contributed by atoms with Gasteiger partial charge in [0.25, 0.3) is 0 Å². The van der Waals surface area contributed by atoms with E-state index in [1.807, 2.05) is 6.92 Å². The number of carbonyl (C=O) groups is 2. The van der Waals surface area contributed by atoms with E-state index in [0.717, 1.165) is 0 Å². The summed E-state index contributed by atoms with van der Waals surface area (Å²) in [7, 11) is 1.29. The average molecular weight is 171 g/mol. The number of carbonyl (C=O) groups excluding carboxylic acids is 2. The molecule has 1 N–H and O–H groups in total. The molecule has 68 valence electrons. The number of hydrogen-bond acceptors (Lipinski definition) is 3. The summed E-state index contributed by atoms with van der Waals surface area (Å²) in [5.41, 5.74) is 0.564. The lowest BCUT2D eigenvalue weighted by Gasteiger charge is -2.03. The molecule has 0 saturated heterocycles. The third-order valence-corrected chi connectivity index (χ3v) is 1.21. The molecule has 1 amide bonds. The Bertz CT molecular complexity index is 208. The van der Waals surface area contributed by atoms with E-state index in [0.29, 0.717) is 12.1 Å². The molecule has 4 nitrogen and oxygen atoms in total. The lowest BCUT2D eigenvalue weighted by atomic mass is 10.3. The molecule has 4 heteroatoms. The van der Waals surface area contributed by atoms with Gasteiger partial charge in [-0.2, -0.15) is 0 Å². The van der Waals surface area contributed by atoms with Gasteiger partial charge in [-0.25, -0.2) is 4.79 Å². The third kappa shape index (κ3) is 4.49. The molecular weight excluding hydrogens is 158 g/mol. The van der Waals surface area contributed by atoms with Gasteiger partial charge in [-0.3, -0.25) is 4.79 Å². The van der Waals surface area contributed by atoms with Crippen molar-refractivity contribution in [2.75, 3.05) is 7.11 Å². The van der Waals surface area contributed by atoms with Crippen LogP contribution < -0.4 is 5.32 Å². The van der Waals surface area contributed by atoms with Crippen LogP contribution in [0.4, 0.5) is 0 Å². The van der Waals surface area contributed by atoms with Gasteiger partial charge in [0.05, 0.1) is 7.11 Å². The van der Waals surface area contributed by atoms with Crippen LogP contribution in [0.3, 0.4) is 0 Å². The van der Waals surface area contributed by atoms with E-state index in [4.69, 9.17) is 0 Å². The van der Waals surface area contributed by atoms with Crippen molar-refractivity contribution in [2.24, 2.45) is 0 Å². The lowest BCUT2D eigenvalue weighted by molar-refractivity contribution is -0.134. The molecule has 0 rings (SSSR count). The predicted octanol–water partition coefficient (Wildman–Crippen LogP) is 0.589. The lowest BCUT2D eigenvalue weighted by Crippen LogP contribution is -2.19. The summed E-state index contributed by atoms with van der Waals surface area (Å²) in [6, 6.07) is 0. The maximum atomic E-state index is 10.7. The Morgan fingerprint density at radius 3 is 2.42 bits per heavy atom. The Morgan fingerprint density at radius 2 is 2.08 bits per heavy atom. The number of ether oxygens (including phenoxy) is 1. The summed E-state index contributed by atoms with van der Waals surface area (Å²) in [4.78, 5) is 21.3. The Morgan fingerprint density at radius 1 is 1.50 bits per heavy atom. The zero-order valence-corrected chi connectivity index (χ0v) is 7.51. The van der Waals surface area contributed by atoms with E-state index in [1.54, 1.807) is 0 Å². The van der Waals surface area contributed by atoms with Crippen LogP contribution in [0.15, 0.2) is 11.8 Å². The smallest absolute Gasteiger partial charge is 0.332 e. The van der Waals surface area contributed by atoms with Crippen LogP contribution >= 0.6 is 0 Å². The zero-order valence-electron chi connectivity index (χ0n) is 7.51. The van der Waals surface area contributed by atoms with Gasteiger partial charge in [0.15, 0.2) is 0 Å². The van der Waals surface area contributed by atoms with Crippen molar-refractivity contribution < 1.29 is 14.3 Å². The summed E-state index contributed by atoms with van der Waals surface area (Å²) >= 11 is 0. The highest BCUT2D eigenvalue weighted by Crippen LogP contribution is 1.95. The van der Waals surface area contributed by atoms with Gasteiger partial charge in [0, 0.05) is 18.7 Å². The average Bonchev–Trinajstić information content (AvgIpc) is 2.02. The van der Waals surface area contributed by atoms with Gasteiger partial charge < -0.3 is 10.1 Å². The molecule has 0 atom stereocenters. The summed E-state index contributed by atoms with van der Waals surface area (Å²) in [5, 5.41) is 2.52. The molecule has 0 unspecified atom stereocenters. The Kier molecular flexibility index (Phi) is 4.76. The van der Waals surface area contributed by atoms with Crippen LogP contribution in [0, 0.1) is 0 Å². The second-order valence-corrected chi connectivity index (χ2v) is 2.23. The maximum Gasteiger partial charge on any atom is 0.332 e. The standard InChI is InChI=1S/C8H13NO3/c1-4-7(9-6(2)10)5-8(11)12-3/h5H,4H2,1-3H3,(H,9,10)/b7-5+. The molecule has 0 spiro atoms. The molecular formula is C8H13NO3. The highest BCUT2D eigenvalue weighted by molar-refractivity contribution is 5.84. The molecule has 0 aliphatic carbocycles. The molecule has 0 radical (unpaired) electrons. The summed E-state index contributed by atoms with van der Waals surface area (Å²) in [6.07, 6.45) is 1.86. The molecule has 0 aromatic carbocycles. The van der Waals surface area contributed by atoms with E-state index in [9.17, 15) is 9.59 Å². The van der Waals surface area contributed by atoms with Gasteiger partial charge in [0.1, 0.15) is 0 Å². The van der Waals surface area contributed by atoms with Crippen LogP contribution in [-0.4, -0.2) is 19.0 Å². The highest BCUT2D eigenvalue weighted by Gasteiger charge is 2.00. The van der Waals surface area contributed by atoms with Crippen molar-refractivity contribution in [1.82, 2.24) is 5.32 Å². The first-order valence-corrected chi connectivity index (χ1v) is 3.66. The molecule has 0 aromatic rings. The number of allylic oxidation sites excluding steroid dienone is 1. The zero-order chi connectivity index (χ0) is 9.56. The van der Waals surface area contributed by atoms with E-state index in [1.165, 1.54) is 20.1 Å². The maximum absolute atomic E-state index is 10.7. The monoisotopic (exact) mass is 171 g/mol. The van der Waals surface area contributed by atoms with Gasteiger partial charge in [-0.05, 0) is 6.42 Å². The SMILES string of the molecule is CC/C(=C\C(=O)OC)NC(C)=O. The fraction of sp³-hybridized carbons (Fsp3) is 0.500. The molecule has 0 aromatic heterocycles. The van der Waals surface area contributed by atoms with Gasteiger partial charge in [-0.15, -0.1) is 0 Å². The molecule has 12 heavy (non-hydrogen) atoms. The minimum atomic E-state index is -0.458. The number of rotatable bonds is 3. The van der Waals surface area contributed by atoms with Crippen LogP contribution in [-0.2, 0) is 14.3 Å². The molecule has 0 bridgehead atoms. The van der Waals surface area contributed by atoms with Crippen molar-refractivity contribution in [3.63, 3.8) is 0 Å². The number of methoxy groups -OCH3 is 1. The van der Waals surface area contributed by atoms with Crippen molar-refractivity contribution in [3.05, 3.63) is 11.8 Å². The van der Waals surface area contributed by atoms with Gasteiger partial charge in [0.2, 0.25) is 5.91 Å². The summed E-state index contributed by atoms with van der Waals surface area (Å²) in [5.74, 6) is -0.646. The van der Waals surface area contributed by atoms with E-state index in [-0.39, 0.29) is 5.91 Å². The van der Waals surface area contributed by atoms with Crippen molar-refractivity contribution in [1.29, 1.82) is 0 Å². The third-order valence-electron chi connectivity index (χ3n) is 1.21. The number of amides is 1. The van der Waals surface area contributed by atoms with E-state index < -0.39 is 5.97 Å². The topological polar surface area (TPSA) is 55.4 Å². The van der Waals surface area contributed by atoms with Crippen LogP contribution in [0.5, 0.6) is 0 Å². The van der Waals surface area contributed by atoms with Gasteiger partial charge >= 0.3 is 5.97 Å². The predicted molar refractivity (Wildman–Crippen MR) is 44.2 cm³/mol. The van der Waals surface area contributed by atoms with Crippen molar-refractivity contribution >= 4 is 11.9 Å². The minimum absolute atomic E-state index is 0.188. The second kappa shape index (κ2) is 5.35. The fourth-order valence-corrected chi connectivity index (χ4v) is 0.654. The fourth-order valence-electron chi connectivity index (χ4n) is 0.654. The van der Waals surface area contributed by atoms with Gasteiger partial charge in [-0.1, -0.05) is 6.92 Å². The normalized spacial score (nSPS) is 10.8. The quantitative estimate of drug-likeness (QED) is 0.499. The summed E-state index contributed by atoms with van der Waals surface area (Å²) < 4.78 is 4.40. The largest absolute Gasteiger partial charge is 0.466 e. The second-order valence-electron chi connectivity index (χ2n) is 2.23. The highest BCUT2D eigenvalue weighted by atomic mass is 16.5. The Balaban J connectivity index is 4.22. The first kappa shape index (κ1) is 10.7. The number of hydrogen-bond donors (Lipinski definition) is 1. The minimum Gasteiger partial charge on any atom is -0.466 e. The number of esters is 1. The Hall–Kier alpha value is -1.32. The van der Waals surface area contributed by atoms with Crippen LogP contribution in [0.25, 0.3) is 0 Å². The first-order chi connectivity index (χ1) is 5.60. The van der Waals surface area contributed by atoms with E-state index >= 15 is 0 Å². The van der Waals surface area contributed by atoms with Crippen LogP contribution in [0.1, 0.15) is 20.3 Å².